The number of ether oxygens (including phenoxy) is 4. The van der Waals surface area contributed by atoms with Crippen molar-refractivity contribution in [2.75, 3.05) is 47.5 Å². The Morgan fingerprint density at radius 1 is 0.433 bits per heavy atom. The van der Waals surface area contributed by atoms with Crippen LogP contribution < -0.4 is 5.11 Å². The molecule has 0 aromatic rings. The highest BCUT2D eigenvalue weighted by atomic mass is 16.7. The second-order valence-corrected chi connectivity index (χ2v) is 18.8. The van der Waals surface area contributed by atoms with E-state index in [2.05, 4.69) is 13.8 Å². The summed E-state index contributed by atoms with van der Waals surface area (Å²) in [4.78, 5) is 37.1. The molecule has 0 rings (SSSR count). The minimum Gasteiger partial charge on any atom is -0.545 e. The van der Waals surface area contributed by atoms with E-state index < -0.39 is 24.3 Å². The number of nitrogens with zero attached hydrogens (tertiary/aromatic N) is 1. The Bertz CT molecular complexity index is 954. The first-order valence-corrected chi connectivity index (χ1v) is 25.7. The van der Waals surface area contributed by atoms with E-state index in [1.165, 1.54) is 186 Å². The summed E-state index contributed by atoms with van der Waals surface area (Å²) in [5.41, 5.74) is 0. The van der Waals surface area contributed by atoms with E-state index in [1.54, 1.807) is 0 Å². The lowest BCUT2D eigenvalue weighted by Gasteiger charge is -2.26. The third-order valence-corrected chi connectivity index (χ3v) is 11.6. The molecule has 0 spiro atoms. The van der Waals surface area contributed by atoms with Gasteiger partial charge in [0.2, 0.25) is 0 Å². The van der Waals surface area contributed by atoms with Gasteiger partial charge >= 0.3 is 11.9 Å². The van der Waals surface area contributed by atoms with Crippen molar-refractivity contribution in [2.24, 2.45) is 0 Å². The van der Waals surface area contributed by atoms with Gasteiger partial charge in [-0.3, -0.25) is 9.59 Å². The van der Waals surface area contributed by atoms with Gasteiger partial charge < -0.3 is 33.3 Å². The van der Waals surface area contributed by atoms with Crippen LogP contribution in [0.4, 0.5) is 0 Å². The van der Waals surface area contributed by atoms with E-state index in [1.807, 2.05) is 21.1 Å². The number of likely N-dealkylation sites (N-methyl/N-ethyl adjacent to an activating group) is 1. The maximum absolute atomic E-state index is 12.8. The summed E-state index contributed by atoms with van der Waals surface area (Å²) >= 11 is 0. The number of carboxylic acid groups (broad SMARTS) is 1. The van der Waals surface area contributed by atoms with Crippen LogP contribution in [-0.2, 0) is 33.3 Å². The molecule has 0 heterocycles. The monoisotopic (exact) mass is 854 g/mol. The number of hydrogen-bond donors (Lipinski definition) is 0. The predicted molar refractivity (Wildman–Crippen MR) is 247 cm³/mol. The molecule has 0 aromatic carbocycles. The number of carbonyl (C=O) groups excluding carboxylic acids is 3. The van der Waals surface area contributed by atoms with Crippen LogP contribution in [0.2, 0.25) is 0 Å². The van der Waals surface area contributed by atoms with E-state index in [0.29, 0.717) is 17.4 Å². The normalized spacial score (nSPS) is 12.8. The minimum atomic E-state index is -1.61. The minimum absolute atomic E-state index is 0.153. The molecule has 9 nitrogen and oxygen atoms in total. The molecule has 0 aromatic heterocycles. The number of unbranched alkanes of at least 4 members (excludes halogenated alkanes) is 33. The van der Waals surface area contributed by atoms with Crippen molar-refractivity contribution < 1.29 is 42.9 Å². The van der Waals surface area contributed by atoms with Crippen LogP contribution in [0.3, 0.4) is 0 Å². The number of hydrogen-bond acceptors (Lipinski definition) is 8. The van der Waals surface area contributed by atoms with Gasteiger partial charge in [-0.25, -0.2) is 0 Å². The van der Waals surface area contributed by atoms with Gasteiger partial charge in [-0.15, -0.1) is 0 Å². The van der Waals surface area contributed by atoms with E-state index in [4.69, 9.17) is 18.9 Å². The molecule has 2 unspecified atom stereocenters. The van der Waals surface area contributed by atoms with E-state index in [9.17, 15) is 19.5 Å². The molecule has 0 bridgehead atoms. The van der Waals surface area contributed by atoms with Crippen molar-refractivity contribution in [3.05, 3.63) is 0 Å². The lowest BCUT2D eigenvalue weighted by Crippen LogP contribution is -2.44. The molecular weight excluding hydrogens is 755 g/mol. The van der Waals surface area contributed by atoms with Crippen LogP contribution in [0, 0.1) is 0 Å². The predicted octanol–water partition coefficient (Wildman–Crippen LogP) is 12.7. The highest BCUT2D eigenvalue weighted by Crippen LogP contribution is 2.17. The average molecular weight is 854 g/mol. The maximum atomic E-state index is 12.8. The Labute approximate surface area is 371 Å². The molecule has 0 N–H and O–H groups in total. The number of aliphatic carboxylic acids is 1. The fourth-order valence-electron chi connectivity index (χ4n) is 7.60. The molecule has 0 saturated carbocycles. The highest BCUT2D eigenvalue weighted by molar-refractivity contribution is 5.70. The molecule has 2 atom stereocenters. The van der Waals surface area contributed by atoms with Crippen molar-refractivity contribution in [1.29, 1.82) is 0 Å². The first-order valence-electron chi connectivity index (χ1n) is 25.7. The Kier molecular flexibility index (Phi) is 42.7. The van der Waals surface area contributed by atoms with Gasteiger partial charge in [0.15, 0.2) is 12.4 Å². The lowest BCUT2D eigenvalue weighted by molar-refractivity contribution is -0.870. The van der Waals surface area contributed by atoms with Crippen molar-refractivity contribution in [3.8, 4) is 0 Å². The van der Waals surface area contributed by atoms with Crippen LogP contribution in [0.5, 0.6) is 0 Å². The highest BCUT2D eigenvalue weighted by Gasteiger charge is 2.22. The summed E-state index contributed by atoms with van der Waals surface area (Å²) in [7, 11) is 5.92. The summed E-state index contributed by atoms with van der Waals surface area (Å²) in [6, 6.07) is 0. The van der Waals surface area contributed by atoms with Gasteiger partial charge in [-0.2, -0.15) is 0 Å². The molecule has 0 radical (unpaired) electrons. The van der Waals surface area contributed by atoms with Crippen LogP contribution in [0.25, 0.3) is 0 Å². The van der Waals surface area contributed by atoms with E-state index in [-0.39, 0.29) is 32.2 Å². The summed E-state index contributed by atoms with van der Waals surface area (Å²) < 4.78 is 22.6. The fraction of sp³-hybridized carbons (Fsp3) is 0.941. The topological polar surface area (TPSA) is 111 Å². The maximum Gasteiger partial charge on any atom is 0.306 e. The molecular formula is C51H99NO8. The summed E-state index contributed by atoms with van der Waals surface area (Å²) in [5.74, 6) is -2.26. The van der Waals surface area contributed by atoms with E-state index >= 15 is 0 Å². The summed E-state index contributed by atoms with van der Waals surface area (Å²) in [6.45, 7) is 4.79. The van der Waals surface area contributed by atoms with Crippen LogP contribution >= 0.6 is 0 Å². The largest absolute Gasteiger partial charge is 0.545 e. The molecule has 0 aliphatic heterocycles. The first kappa shape index (κ1) is 58.3. The van der Waals surface area contributed by atoms with Crippen molar-refractivity contribution in [1.82, 2.24) is 0 Å². The van der Waals surface area contributed by atoms with E-state index in [0.717, 1.165) is 38.5 Å². The zero-order chi connectivity index (χ0) is 44.2. The van der Waals surface area contributed by atoms with Gasteiger partial charge in [0, 0.05) is 12.8 Å². The van der Waals surface area contributed by atoms with Crippen molar-refractivity contribution in [3.63, 3.8) is 0 Å². The lowest BCUT2D eigenvalue weighted by atomic mass is 10.0. The van der Waals surface area contributed by atoms with Crippen molar-refractivity contribution in [2.45, 2.75) is 264 Å². The molecule has 0 saturated heterocycles. The molecule has 60 heavy (non-hydrogen) atoms. The first-order chi connectivity index (χ1) is 29.1. The van der Waals surface area contributed by atoms with Gasteiger partial charge in [-0.1, -0.05) is 226 Å². The van der Waals surface area contributed by atoms with Crippen LogP contribution in [0.1, 0.15) is 251 Å². The van der Waals surface area contributed by atoms with Gasteiger partial charge in [-0.05, 0) is 12.8 Å². The average Bonchev–Trinajstić information content (AvgIpc) is 3.21. The third kappa shape index (κ3) is 44.3. The molecule has 0 aliphatic rings. The molecule has 0 amide bonds. The summed E-state index contributed by atoms with van der Waals surface area (Å²) in [5, 5.41) is 11.7. The van der Waals surface area contributed by atoms with Crippen LogP contribution in [-0.4, -0.2) is 82.3 Å². The second-order valence-electron chi connectivity index (χ2n) is 18.8. The Hall–Kier alpha value is -1.71. The second kappa shape index (κ2) is 43.9. The number of quaternary nitrogens is 1. The number of carboxylic acids is 1. The zero-order valence-corrected chi connectivity index (χ0v) is 40.4. The van der Waals surface area contributed by atoms with Gasteiger partial charge in [0.1, 0.15) is 13.2 Å². The summed E-state index contributed by atoms with van der Waals surface area (Å²) in [6.07, 6.45) is 42.8. The Morgan fingerprint density at radius 2 is 0.750 bits per heavy atom. The Balaban J connectivity index is 4.27. The third-order valence-electron chi connectivity index (χ3n) is 11.6. The zero-order valence-electron chi connectivity index (χ0n) is 40.4. The fourth-order valence-corrected chi connectivity index (χ4v) is 7.60. The molecule has 0 aliphatic carbocycles. The number of carbonyl (C=O) groups is 3. The number of rotatable bonds is 48. The van der Waals surface area contributed by atoms with Crippen LogP contribution in [0.15, 0.2) is 0 Å². The van der Waals surface area contributed by atoms with Gasteiger partial charge in [0.05, 0.1) is 40.3 Å². The standard InChI is InChI=1S/C51H99NO8/c1-6-8-10-12-14-16-18-20-22-23-24-25-26-27-28-30-32-34-36-38-40-42-49(54)60-47(46-59-51(50(55)56)57-44-43-52(3,4)5)45-58-48(53)41-39-37-35-33-31-29-21-19-17-15-13-11-9-7-2/h47,51H,6-46H2,1-5H3. The van der Waals surface area contributed by atoms with Gasteiger partial charge in [0.25, 0.3) is 0 Å². The molecule has 0 fully saturated rings. The Morgan fingerprint density at radius 3 is 1.07 bits per heavy atom. The number of esters is 2. The quantitative estimate of drug-likeness (QED) is 0.0257. The molecule has 9 heteroatoms. The van der Waals surface area contributed by atoms with Crippen molar-refractivity contribution >= 4 is 17.9 Å². The molecule has 356 valence electrons. The SMILES string of the molecule is CCCCCCCCCCCCCCCCCCCCCCCC(=O)OC(COC(=O)CCCCCCCCCCCCCCCC)COC(OCC[N+](C)(C)C)C(=O)[O-]. The smallest absolute Gasteiger partial charge is 0.306 e.